The molecule has 2 heterocycles. The number of urea groups is 1. The molecular formula is C24H24N2O4S. The van der Waals surface area contributed by atoms with E-state index < -0.39 is 18.2 Å². The molecular weight excluding hydrogens is 412 g/mol. The third-order valence-corrected chi connectivity index (χ3v) is 5.98. The van der Waals surface area contributed by atoms with Gasteiger partial charge in [0.25, 0.3) is 5.91 Å². The van der Waals surface area contributed by atoms with E-state index in [9.17, 15) is 14.7 Å². The summed E-state index contributed by atoms with van der Waals surface area (Å²) in [6.07, 6.45) is -0.957. The minimum absolute atomic E-state index is 0.0453. The van der Waals surface area contributed by atoms with Gasteiger partial charge in [-0.1, -0.05) is 66.7 Å². The molecule has 0 radical (unpaired) electrons. The standard InChI is InChI=1S/C24H24N2O4S/c27-20(16-30-17-21-12-7-13-31-21)15-26-23(28)22(19-10-5-2-6-11-19)25(24(26)29)14-18-8-3-1-4-9-18/h1-13,20,22,27H,14-17H2. The van der Waals surface area contributed by atoms with Gasteiger partial charge in [-0.3, -0.25) is 9.69 Å². The van der Waals surface area contributed by atoms with Gasteiger partial charge in [0.15, 0.2) is 0 Å². The maximum atomic E-state index is 13.2. The van der Waals surface area contributed by atoms with E-state index in [-0.39, 0.29) is 19.1 Å². The van der Waals surface area contributed by atoms with Gasteiger partial charge in [-0.2, -0.15) is 0 Å². The topological polar surface area (TPSA) is 70.1 Å². The molecule has 0 saturated carbocycles. The molecule has 0 aliphatic carbocycles. The number of benzene rings is 2. The van der Waals surface area contributed by atoms with Crippen LogP contribution in [0, 0.1) is 0 Å². The number of hydrogen-bond donors (Lipinski definition) is 1. The van der Waals surface area contributed by atoms with Crippen molar-refractivity contribution in [3.8, 4) is 0 Å². The van der Waals surface area contributed by atoms with E-state index in [4.69, 9.17) is 4.74 Å². The lowest BCUT2D eigenvalue weighted by Crippen LogP contribution is -2.40. The largest absolute Gasteiger partial charge is 0.389 e. The fourth-order valence-electron chi connectivity index (χ4n) is 3.66. The number of ether oxygens (including phenoxy) is 1. The zero-order valence-corrected chi connectivity index (χ0v) is 17.8. The lowest BCUT2D eigenvalue weighted by Gasteiger charge is -2.22. The fraction of sp³-hybridized carbons (Fsp3) is 0.250. The van der Waals surface area contributed by atoms with Crippen LogP contribution in [0.5, 0.6) is 0 Å². The third-order valence-electron chi connectivity index (χ3n) is 5.13. The molecule has 2 aromatic carbocycles. The summed E-state index contributed by atoms with van der Waals surface area (Å²) in [5.41, 5.74) is 1.69. The summed E-state index contributed by atoms with van der Waals surface area (Å²) in [6.45, 7) is 0.649. The predicted molar refractivity (Wildman–Crippen MR) is 118 cm³/mol. The first kappa shape index (κ1) is 21.2. The van der Waals surface area contributed by atoms with Crippen molar-refractivity contribution in [3.05, 3.63) is 94.2 Å². The molecule has 0 bridgehead atoms. The van der Waals surface area contributed by atoms with E-state index in [0.717, 1.165) is 20.9 Å². The highest BCUT2D eigenvalue weighted by atomic mass is 32.1. The van der Waals surface area contributed by atoms with Gasteiger partial charge in [-0.15, -0.1) is 11.3 Å². The Kier molecular flexibility index (Phi) is 6.76. The molecule has 1 saturated heterocycles. The molecule has 2 atom stereocenters. The summed E-state index contributed by atoms with van der Waals surface area (Å²) in [5, 5.41) is 12.4. The van der Waals surface area contributed by atoms with Gasteiger partial charge in [0.1, 0.15) is 6.04 Å². The van der Waals surface area contributed by atoms with Gasteiger partial charge in [0.05, 0.1) is 25.9 Å². The summed E-state index contributed by atoms with van der Waals surface area (Å²) >= 11 is 1.58. The summed E-state index contributed by atoms with van der Waals surface area (Å²) in [7, 11) is 0. The van der Waals surface area contributed by atoms with Gasteiger partial charge in [0, 0.05) is 11.4 Å². The number of imide groups is 1. The van der Waals surface area contributed by atoms with Gasteiger partial charge >= 0.3 is 6.03 Å². The van der Waals surface area contributed by atoms with Crippen molar-refractivity contribution in [1.29, 1.82) is 0 Å². The van der Waals surface area contributed by atoms with E-state index >= 15 is 0 Å². The average Bonchev–Trinajstić information content (AvgIpc) is 3.38. The van der Waals surface area contributed by atoms with Crippen LogP contribution in [-0.2, 0) is 22.7 Å². The van der Waals surface area contributed by atoms with Crippen molar-refractivity contribution in [2.24, 2.45) is 0 Å². The zero-order chi connectivity index (χ0) is 21.6. The maximum absolute atomic E-state index is 13.2. The van der Waals surface area contributed by atoms with Crippen molar-refractivity contribution in [1.82, 2.24) is 9.80 Å². The summed E-state index contributed by atoms with van der Waals surface area (Å²) < 4.78 is 5.55. The second-order valence-corrected chi connectivity index (χ2v) is 8.44. The van der Waals surface area contributed by atoms with Crippen molar-refractivity contribution in [3.63, 3.8) is 0 Å². The van der Waals surface area contributed by atoms with Crippen LogP contribution in [0.3, 0.4) is 0 Å². The lowest BCUT2D eigenvalue weighted by molar-refractivity contribution is -0.129. The molecule has 3 amide bonds. The minimum atomic E-state index is -0.957. The van der Waals surface area contributed by atoms with E-state index in [2.05, 4.69) is 0 Å². The molecule has 7 heteroatoms. The molecule has 4 rings (SSSR count). The predicted octanol–water partition coefficient (Wildman–Crippen LogP) is 3.83. The van der Waals surface area contributed by atoms with Gasteiger partial charge < -0.3 is 14.7 Å². The molecule has 1 aliphatic heterocycles. The number of thiophene rings is 1. The van der Waals surface area contributed by atoms with E-state index in [1.165, 1.54) is 0 Å². The first-order valence-corrected chi connectivity index (χ1v) is 11.0. The fourth-order valence-corrected chi connectivity index (χ4v) is 4.30. The Morgan fingerprint density at radius 3 is 2.35 bits per heavy atom. The van der Waals surface area contributed by atoms with E-state index in [1.807, 2.05) is 78.2 Å². The maximum Gasteiger partial charge on any atom is 0.328 e. The average molecular weight is 437 g/mol. The Labute approximate surface area is 185 Å². The number of aliphatic hydroxyl groups excluding tert-OH is 1. The van der Waals surface area contributed by atoms with Crippen molar-refractivity contribution >= 4 is 23.3 Å². The molecule has 0 spiro atoms. The van der Waals surface area contributed by atoms with Gasteiger partial charge in [-0.25, -0.2) is 4.79 Å². The molecule has 1 aromatic heterocycles. The normalized spacial score (nSPS) is 17.4. The van der Waals surface area contributed by atoms with Crippen LogP contribution in [0.2, 0.25) is 0 Å². The molecule has 2 unspecified atom stereocenters. The molecule has 1 aliphatic rings. The number of hydrogen-bond acceptors (Lipinski definition) is 5. The van der Waals surface area contributed by atoms with Gasteiger partial charge in [-0.05, 0) is 22.6 Å². The first-order chi connectivity index (χ1) is 15.1. The Morgan fingerprint density at radius 2 is 1.68 bits per heavy atom. The molecule has 1 N–H and O–H groups in total. The monoisotopic (exact) mass is 436 g/mol. The third kappa shape index (κ3) is 5.02. The van der Waals surface area contributed by atoms with E-state index in [0.29, 0.717) is 13.2 Å². The molecule has 1 fully saturated rings. The van der Waals surface area contributed by atoms with Crippen molar-refractivity contribution in [2.75, 3.05) is 13.2 Å². The van der Waals surface area contributed by atoms with Crippen LogP contribution in [-0.4, -0.2) is 46.1 Å². The molecule has 3 aromatic rings. The number of carbonyl (C=O) groups excluding carboxylic acids is 2. The second-order valence-electron chi connectivity index (χ2n) is 7.41. The molecule has 6 nitrogen and oxygen atoms in total. The highest BCUT2D eigenvalue weighted by molar-refractivity contribution is 7.09. The number of β-amino-alcohol motifs (C(OH)–C–C–N with tert-alkyl or cyclic N) is 1. The van der Waals surface area contributed by atoms with Crippen LogP contribution >= 0.6 is 11.3 Å². The first-order valence-electron chi connectivity index (χ1n) is 10.1. The van der Waals surface area contributed by atoms with Gasteiger partial charge in [0.2, 0.25) is 0 Å². The Hall–Kier alpha value is -3.00. The van der Waals surface area contributed by atoms with Crippen LogP contribution in [0.1, 0.15) is 22.0 Å². The smallest absolute Gasteiger partial charge is 0.328 e. The minimum Gasteiger partial charge on any atom is -0.389 e. The highest BCUT2D eigenvalue weighted by Gasteiger charge is 2.46. The van der Waals surface area contributed by atoms with Crippen molar-refractivity contribution < 1.29 is 19.4 Å². The van der Waals surface area contributed by atoms with Crippen LogP contribution in [0.4, 0.5) is 4.79 Å². The number of nitrogens with zero attached hydrogens (tertiary/aromatic N) is 2. The van der Waals surface area contributed by atoms with Crippen molar-refractivity contribution in [2.45, 2.75) is 25.3 Å². The Bertz CT molecular complexity index is 995. The molecule has 160 valence electrons. The summed E-state index contributed by atoms with van der Waals surface area (Å²) in [6, 6.07) is 21.6. The highest BCUT2D eigenvalue weighted by Crippen LogP contribution is 2.32. The molecule has 31 heavy (non-hydrogen) atoms. The zero-order valence-electron chi connectivity index (χ0n) is 17.0. The number of amides is 3. The quantitative estimate of drug-likeness (QED) is 0.518. The van der Waals surface area contributed by atoms with Crippen LogP contribution < -0.4 is 0 Å². The Balaban J connectivity index is 1.47. The van der Waals surface area contributed by atoms with Crippen LogP contribution in [0.15, 0.2) is 78.2 Å². The Morgan fingerprint density at radius 1 is 0.968 bits per heavy atom. The summed E-state index contributed by atoms with van der Waals surface area (Å²) in [5.74, 6) is -0.329. The number of aliphatic hydroxyl groups is 1. The summed E-state index contributed by atoms with van der Waals surface area (Å²) in [4.78, 5) is 30.2. The SMILES string of the molecule is O=C1C(c2ccccc2)N(Cc2ccccc2)C(=O)N1CC(O)COCc1cccs1. The number of carbonyl (C=O) groups is 2. The lowest BCUT2D eigenvalue weighted by atomic mass is 10.1. The van der Waals surface area contributed by atoms with E-state index in [1.54, 1.807) is 16.2 Å². The van der Waals surface area contributed by atoms with Crippen LogP contribution in [0.25, 0.3) is 0 Å². The second kappa shape index (κ2) is 9.87. The number of rotatable bonds is 9.